The zero-order valence-electron chi connectivity index (χ0n) is 17.4. The highest BCUT2D eigenvalue weighted by Gasteiger charge is 2.23. The lowest BCUT2D eigenvalue weighted by Crippen LogP contribution is -2.36. The van der Waals surface area contributed by atoms with Crippen LogP contribution in [-0.4, -0.2) is 40.3 Å². The van der Waals surface area contributed by atoms with E-state index in [4.69, 9.17) is 4.74 Å². The molecular formula is C24H24N4O3. The number of carbonyl (C=O) groups is 2. The Hall–Kier alpha value is -3.74. The molecule has 2 heterocycles. The van der Waals surface area contributed by atoms with Crippen LogP contribution in [0.25, 0.3) is 0 Å². The standard InChI is InChI=1S/C24H24N4O3/c1-31-22-5-3-2-4-18(22)7-9-23(29)27-20-8-6-17-10-13-28(16-19(17)14-20)24(30)21-15-25-11-12-26-21/h2-6,8,11-12,14-15H,7,9-10,13,16H2,1H3,(H,27,29). The Morgan fingerprint density at radius 2 is 2.00 bits per heavy atom. The van der Waals surface area contributed by atoms with E-state index in [0.717, 1.165) is 29.0 Å². The van der Waals surface area contributed by atoms with Gasteiger partial charge >= 0.3 is 0 Å². The number of anilines is 1. The molecule has 158 valence electrons. The Bertz CT molecular complexity index is 1090. The van der Waals surface area contributed by atoms with Gasteiger partial charge in [0.05, 0.1) is 13.3 Å². The summed E-state index contributed by atoms with van der Waals surface area (Å²) in [5.74, 6) is 0.594. The molecule has 0 unspecified atom stereocenters. The number of rotatable bonds is 6. The number of aryl methyl sites for hydroxylation is 1. The number of benzene rings is 2. The first-order valence-electron chi connectivity index (χ1n) is 10.2. The molecule has 1 aliphatic heterocycles. The zero-order chi connectivity index (χ0) is 21.6. The first-order valence-corrected chi connectivity index (χ1v) is 10.2. The molecule has 0 spiro atoms. The van der Waals surface area contributed by atoms with Gasteiger partial charge in [-0.3, -0.25) is 14.6 Å². The zero-order valence-corrected chi connectivity index (χ0v) is 17.4. The summed E-state index contributed by atoms with van der Waals surface area (Å²) in [5.41, 5.74) is 4.30. The van der Waals surface area contributed by atoms with Crippen LogP contribution in [0.5, 0.6) is 5.75 Å². The highest BCUT2D eigenvalue weighted by Crippen LogP contribution is 2.24. The number of amides is 2. The second kappa shape index (κ2) is 9.38. The van der Waals surface area contributed by atoms with E-state index >= 15 is 0 Å². The van der Waals surface area contributed by atoms with E-state index in [0.29, 0.717) is 31.6 Å². The Morgan fingerprint density at radius 3 is 2.81 bits per heavy atom. The van der Waals surface area contributed by atoms with E-state index in [1.807, 2.05) is 42.5 Å². The number of nitrogens with zero attached hydrogens (tertiary/aromatic N) is 3. The van der Waals surface area contributed by atoms with Crippen molar-refractivity contribution in [2.75, 3.05) is 19.0 Å². The fourth-order valence-corrected chi connectivity index (χ4v) is 3.76. The topological polar surface area (TPSA) is 84.4 Å². The van der Waals surface area contributed by atoms with Gasteiger partial charge in [0, 0.05) is 37.6 Å². The molecule has 7 nitrogen and oxygen atoms in total. The van der Waals surface area contributed by atoms with Crippen molar-refractivity contribution in [3.8, 4) is 5.75 Å². The summed E-state index contributed by atoms with van der Waals surface area (Å²) in [7, 11) is 1.63. The van der Waals surface area contributed by atoms with Crippen molar-refractivity contribution < 1.29 is 14.3 Å². The number of fused-ring (bicyclic) bond motifs is 1. The summed E-state index contributed by atoms with van der Waals surface area (Å²) < 4.78 is 5.35. The summed E-state index contributed by atoms with van der Waals surface area (Å²) in [6.45, 7) is 1.11. The van der Waals surface area contributed by atoms with Crippen molar-refractivity contribution >= 4 is 17.5 Å². The lowest BCUT2D eigenvalue weighted by atomic mass is 9.98. The van der Waals surface area contributed by atoms with Crippen molar-refractivity contribution in [3.05, 3.63) is 83.4 Å². The summed E-state index contributed by atoms with van der Waals surface area (Å²) in [4.78, 5) is 35.0. The summed E-state index contributed by atoms with van der Waals surface area (Å²) in [5, 5.41) is 2.97. The van der Waals surface area contributed by atoms with Gasteiger partial charge in [0.1, 0.15) is 11.4 Å². The van der Waals surface area contributed by atoms with E-state index in [1.165, 1.54) is 18.0 Å². The molecule has 0 aliphatic carbocycles. The second-order valence-electron chi connectivity index (χ2n) is 7.41. The van der Waals surface area contributed by atoms with Crippen molar-refractivity contribution in [3.63, 3.8) is 0 Å². The average molecular weight is 416 g/mol. The molecular weight excluding hydrogens is 392 g/mol. The fourth-order valence-electron chi connectivity index (χ4n) is 3.76. The molecule has 0 fully saturated rings. The Labute approximate surface area is 181 Å². The van der Waals surface area contributed by atoms with Gasteiger partial charge in [-0.2, -0.15) is 0 Å². The quantitative estimate of drug-likeness (QED) is 0.667. The van der Waals surface area contributed by atoms with Gasteiger partial charge < -0.3 is 15.0 Å². The Balaban J connectivity index is 1.39. The van der Waals surface area contributed by atoms with Crippen LogP contribution in [0, 0.1) is 0 Å². The predicted octanol–water partition coefficient (Wildman–Crippen LogP) is 3.26. The van der Waals surface area contributed by atoms with Crippen LogP contribution >= 0.6 is 0 Å². The van der Waals surface area contributed by atoms with Crippen LogP contribution < -0.4 is 10.1 Å². The third kappa shape index (κ3) is 4.88. The van der Waals surface area contributed by atoms with Crippen LogP contribution in [0.1, 0.15) is 33.6 Å². The first kappa shape index (κ1) is 20.5. The smallest absolute Gasteiger partial charge is 0.274 e. The largest absolute Gasteiger partial charge is 0.496 e. The average Bonchev–Trinajstić information content (AvgIpc) is 2.82. The van der Waals surface area contributed by atoms with Crippen LogP contribution in [0.15, 0.2) is 61.1 Å². The minimum atomic E-state index is -0.134. The van der Waals surface area contributed by atoms with Crippen LogP contribution in [0.4, 0.5) is 5.69 Å². The number of hydrogen-bond acceptors (Lipinski definition) is 5. The molecule has 2 aromatic carbocycles. The van der Waals surface area contributed by atoms with Crippen molar-refractivity contribution in [1.82, 2.24) is 14.9 Å². The molecule has 1 aromatic heterocycles. The lowest BCUT2D eigenvalue weighted by molar-refractivity contribution is -0.116. The van der Waals surface area contributed by atoms with Crippen molar-refractivity contribution in [2.45, 2.75) is 25.8 Å². The number of hydrogen-bond donors (Lipinski definition) is 1. The van der Waals surface area contributed by atoms with Gasteiger partial charge in [0.2, 0.25) is 5.91 Å². The van der Waals surface area contributed by atoms with Gasteiger partial charge in [-0.25, -0.2) is 4.98 Å². The maximum absolute atomic E-state index is 12.7. The van der Waals surface area contributed by atoms with Crippen LogP contribution in [-0.2, 0) is 24.2 Å². The second-order valence-corrected chi connectivity index (χ2v) is 7.41. The van der Waals surface area contributed by atoms with E-state index in [2.05, 4.69) is 15.3 Å². The minimum Gasteiger partial charge on any atom is -0.496 e. The SMILES string of the molecule is COc1ccccc1CCC(=O)Nc1ccc2c(c1)CN(C(=O)c1cnccn1)CC2. The third-order valence-corrected chi connectivity index (χ3v) is 5.39. The van der Waals surface area contributed by atoms with E-state index < -0.39 is 0 Å². The first-order chi connectivity index (χ1) is 15.1. The normalized spacial score (nSPS) is 12.7. The molecule has 0 bridgehead atoms. The molecule has 0 atom stereocenters. The van der Waals surface area contributed by atoms with E-state index in [-0.39, 0.29) is 11.8 Å². The number of para-hydroxylation sites is 1. The predicted molar refractivity (Wildman–Crippen MR) is 117 cm³/mol. The molecule has 0 saturated carbocycles. The third-order valence-electron chi connectivity index (χ3n) is 5.39. The Kier molecular flexibility index (Phi) is 6.21. The van der Waals surface area contributed by atoms with Gasteiger partial charge in [-0.1, -0.05) is 24.3 Å². The molecule has 3 aromatic rings. The van der Waals surface area contributed by atoms with Crippen LogP contribution in [0.3, 0.4) is 0 Å². The highest BCUT2D eigenvalue weighted by molar-refractivity contribution is 5.92. The number of aromatic nitrogens is 2. The molecule has 31 heavy (non-hydrogen) atoms. The maximum Gasteiger partial charge on any atom is 0.274 e. The number of carbonyl (C=O) groups excluding carboxylic acids is 2. The van der Waals surface area contributed by atoms with E-state index in [1.54, 1.807) is 18.2 Å². The van der Waals surface area contributed by atoms with E-state index in [9.17, 15) is 9.59 Å². The number of nitrogens with one attached hydrogen (secondary N) is 1. The lowest BCUT2D eigenvalue weighted by Gasteiger charge is -2.29. The van der Waals surface area contributed by atoms with Gasteiger partial charge in [0.15, 0.2) is 0 Å². The summed E-state index contributed by atoms with van der Waals surface area (Å²) in [6, 6.07) is 13.6. The Morgan fingerprint density at radius 1 is 1.13 bits per heavy atom. The van der Waals surface area contributed by atoms with Gasteiger partial charge in [-0.15, -0.1) is 0 Å². The highest BCUT2D eigenvalue weighted by atomic mass is 16.5. The molecule has 1 N–H and O–H groups in total. The summed E-state index contributed by atoms with van der Waals surface area (Å²) >= 11 is 0. The number of ether oxygens (including phenoxy) is 1. The maximum atomic E-state index is 12.7. The summed E-state index contributed by atoms with van der Waals surface area (Å²) in [6.07, 6.45) is 6.27. The van der Waals surface area contributed by atoms with Crippen LogP contribution in [0.2, 0.25) is 0 Å². The fraction of sp³-hybridized carbons (Fsp3) is 0.250. The molecule has 7 heteroatoms. The minimum absolute atomic E-state index is 0.0610. The molecule has 0 saturated heterocycles. The van der Waals surface area contributed by atoms with Crippen molar-refractivity contribution in [1.29, 1.82) is 0 Å². The molecule has 2 amide bonds. The number of methoxy groups -OCH3 is 1. The monoisotopic (exact) mass is 416 g/mol. The van der Waals surface area contributed by atoms with Gasteiger partial charge in [-0.05, 0) is 47.7 Å². The molecule has 0 radical (unpaired) electrons. The molecule has 1 aliphatic rings. The van der Waals surface area contributed by atoms with Crippen molar-refractivity contribution in [2.24, 2.45) is 0 Å². The van der Waals surface area contributed by atoms with Gasteiger partial charge in [0.25, 0.3) is 5.91 Å². The molecule has 4 rings (SSSR count).